The van der Waals surface area contributed by atoms with E-state index in [9.17, 15) is 0 Å². The third kappa shape index (κ3) is 2.69. The number of benzene rings is 2. The van der Waals surface area contributed by atoms with Crippen LogP contribution in [0.25, 0.3) is 21.9 Å². The zero-order valence-corrected chi connectivity index (χ0v) is 11.3. The lowest BCUT2D eigenvalue weighted by Crippen LogP contribution is -1.73. The van der Waals surface area contributed by atoms with Crippen molar-refractivity contribution in [1.29, 1.82) is 0 Å². The zero-order chi connectivity index (χ0) is 13.8. The van der Waals surface area contributed by atoms with E-state index in [1.807, 2.05) is 67.7 Å². The predicted octanol–water partition coefficient (Wildman–Crippen LogP) is 4.98. The minimum atomic E-state index is 0.972. The average Bonchev–Trinajstić information content (AvgIpc) is 2.88. The number of hydrogen-bond donors (Lipinski definition) is 0. The van der Waals surface area contributed by atoms with Gasteiger partial charge in [0.25, 0.3) is 0 Å². The molecule has 0 aliphatic heterocycles. The first kappa shape index (κ1) is 12.4. The lowest BCUT2D eigenvalue weighted by atomic mass is 10.2. The molecule has 2 aromatic carbocycles. The van der Waals surface area contributed by atoms with Gasteiger partial charge in [0.15, 0.2) is 0 Å². The van der Waals surface area contributed by atoms with Crippen LogP contribution in [0.2, 0.25) is 0 Å². The van der Waals surface area contributed by atoms with Gasteiger partial charge in [0.05, 0.1) is 5.52 Å². The maximum absolute atomic E-state index is 5.37. The smallest absolute Gasteiger partial charge is 0.134 e. The molecule has 0 radical (unpaired) electrons. The summed E-state index contributed by atoms with van der Waals surface area (Å²) >= 11 is 0. The summed E-state index contributed by atoms with van der Waals surface area (Å²) in [4.78, 5) is 4.18. The Morgan fingerprint density at radius 3 is 2.30 bits per heavy atom. The van der Waals surface area contributed by atoms with E-state index < -0.39 is 0 Å². The molecule has 2 aromatic heterocycles. The van der Waals surface area contributed by atoms with Crippen molar-refractivity contribution in [3.05, 3.63) is 78.7 Å². The standard InChI is InChI=1S/C9H7N.C9H8O/c1-2-6-9-8(4-1)5-3-7-10-9;1-7-6-8-4-2-3-5-9(8)10-7/h1-7H;2-6H,1H3. The van der Waals surface area contributed by atoms with Gasteiger partial charge in [-0.15, -0.1) is 0 Å². The van der Waals surface area contributed by atoms with Crippen molar-refractivity contribution in [2.24, 2.45) is 0 Å². The summed E-state index contributed by atoms with van der Waals surface area (Å²) in [6.45, 7) is 1.96. The van der Waals surface area contributed by atoms with Crippen LogP contribution in [0.4, 0.5) is 0 Å². The number of pyridine rings is 1. The molecule has 0 saturated heterocycles. The topological polar surface area (TPSA) is 26.0 Å². The Morgan fingerprint density at radius 1 is 0.800 bits per heavy atom. The molecular formula is C18H15NO. The highest BCUT2D eigenvalue weighted by atomic mass is 16.3. The summed E-state index contributed by atoms with van der Waals surface area (Å²) in [5, 5.41) is 2.38. The molecular weight excluding hydrogens is 246 g/mol. The molecule has 0 aliphatic rings. The molecule has 2 heterocycles. The van der Waals surface area contributed by atoms with E-state index in [1.54, 1.807) is 0 Å². The molecule has 0 amide bonds. The molecule has 0 unspecified atom stereocenters. The Balaban J connectivity index is 0.000000121. The summed E-state index contributed by atoms with van der Waals surface area (Å²) in [5.74, 6) is 0.973. The van der Waals surface area contributed by atoms with Gasteiger partial charge < -0.3 is 4.42 Å². The number of hydrogen-bond acceptors (Lipinski definition) is 2. The van der Waals surface area contributed by atoms with E-state index in [-0.39, 0.29) is 0 Å². The summed E-state index contributed by atoms with van der Waals surface area (Å²) in [7, 11) is 0. The van der Waals surface area contributed by atoms with E-state index in [4.69, 9.17) is 4.42 Å². The molecule has 0 fully saturated rings. The van der Waals surface area contributed by atoms with Gasteiger partial charge in [-0.25, -0.2) is 0 Å². The zero-order valence-electron chi connectivity index (χ0n) is 11.3. The first-order valence-corrected chi connectivity index (χ1v) is 6.58. The monoisotopic (exact) mass is 261 g/mol. The second-order valence-electron chi connectivity index (χ2n) is 4.59. The van der Waals surface area contributed by atoms with Gasteiger partial charge in [0.1, 0.15) is 11.3 Å². The van der Waals surface area contributed by atoms with Gasteiger partial charge in [-0.2, -0.15) is 0 Å². The van der Waals surface area contributed by atoms with Gasteiger partial charge in [-0.3, -0.25) is 4.98 Å². The maximum Gasteiger partial charge on any atom is 0.134 e. The fourth-order valence-electron chi connectivity index (χ4n) is 2.13. The highest BCUT2D eigenvalue weighted by Crippen LogP contribution is 2.17. The number of aromatic nitrogens is 1. The number of furan rings is 1. The van der Waals surface area contributed by atoms with Crippen molar-refractivity contribution >= 4 is 21.9 Å². The molecule has 0 saturated carbocycles. The van der Waals surface area contributed by atoms with Crippen LogP contribution in [0.5, 0.6) is 0 Å². The van der Waals surface area contributed by atoms with Crippen LogP contribution in [-0.2, 0) is 0 Å². The molecule has 0 atom stereocenters. The highest BCUT2D eigenvalue weighted by molar-refractivity contribution is 5.78. The molecule has 2 nitrogen and oxygen atoms in total. The van der Waals surface area contributed by atoms with E-state index in [0.717, 1.165) is 16.9 Å². The molecule has 4 aromatic rings. The van der Waals surface area contributed by atoms with Crippen LogP contribution in [0.15, 0.2) is 77.3 Å². The lowest BCUT2D eigenvalue weighted by Gasteiger charge is -1.91. The van der Waals surface area contributed by atoms with Gasteiger partial charge in [-0.1, -0.05) is 42.5 Å². The Bertz CT molecular complexity index is 734. The molecule has 0 spiro atoms. The van der Waals surface area contributed by atoms with E-state index in [0.29, 0.717) is 0 Å². The van der Waals surface area contributed by atoms with Gasteiger partial charge in [-0.05, 0) is 31.2 Å². The molecule has 0 aliphatic carbocycles. The first-order valence-electron chi connectivity index (χ1n) is 6.58. The normalized spacial score (nSPS) is 10.2. The SMILES string of the molecule is Cc1cc2ccccc2o1.c1ccc2ncccc2c1. The number of para-hydroxylation sites is 2. The first-order chi connectivity index (χ1) is 9.83. The van der Waals surface area contributed by atoms with Crippen molar-refractivity contribution in [3.8, 4) is 0 Å². The number of fused-ring (bicyclic) bond motifs is 2. The van der Waals surface area contributed by atoms with E-state index in [1.165, 1.54) is 10.8 Å². The van der Waals surface area contributed by atoms with Crippen molar-refractivity contribution in [3.63, 3.8) is 0 Å². The van der Waals surface area contributed by atoms with Crippen LogP contribution in [0, 0.1) is 6.92 Å². The molecule has 4 rings (SSSR count). The minimum absolute atomic E-state index is 0.972. The molecule has 0 N–H and O–H groups in total. The summed E-state index contributed by atoms with van der Waals surface area (Å²) in [6, 6.07) is 22.1. The van der Waals surface area contributed by atoms with Crippen LogP contribution < -0.4 is 0 Å². The fraction of sp³-hybridized carbons (Fsp3) is 0.0556. The van der Waals surface area contributed by atoms with Crippen molar-refractivity contribution in [1.82, 2.24) is 4.98 Å². The number of aryl methyl sites for hydroxylation is 1. The van der Waals surface area contributed by atoms with Gasteiger partial charge in [0, 0.05) is 17.0 Å². The third-order valence-corrected chi connectivity index (χ3v) is 3.06. The Morgan fingerprint density at radius 2 is 1.50 bits per heavy atom. The average molecular weight is 261 g/mol. The van der Waals surface area contributed by atoms with Crippen molar-refractivity contribution in [2.45, 2.75) is 6.92 Å². The molecule has 98 valence electrons. The van der Waals surface area contributed by atoms with Crippen LogP contribution in [0.1, 0.15) is 5.76 Å². The van der Waals surface area contributed by atoms with E-state index in [2.05, 4.69) is 17.1 Å². The van der Waals surface area contributed by atoms with Crippen LogP contribution in [-0.4, -0.2) is 4.98 Å². The van der Waals surface area contributed by atoms with Gasteiger partial charge >= 0.3 is 0 Å². The Hall–Kier alpha value is -2.61. The number of nitrogens with zero attached hydrogens (tertiary/aromatic N) is 1. The quantitative estimate of drug-likeness (QED) is 0.446. The van der Waals surface area contributed by atoms with Crippen molar-refractivity contribution < 1.29 is 4.42 Å². The molecule has 2 heteroatoms. The predicted molar refractivity (Wildman–Crippen MR) is 82.7 cm³/mol. The third-order valence-electron chi connectivity index (χ3n) is 3.06. The summed E-state index contributed by atoms with van der Waals surface area (Å²) in [5.41, 5.74) is 2.03. The minimum Gasteiger partial charge on any atom is -0.461 e. The second kappa shape index (κ2) is 5.57. The number of rotatable bonds is 0. The molecule has 20 heavy (non-hydrogen) atoms. The fourth-order valence-corrected chi connectivity index (χ4v) is 2.13. The largest absolute Gasteiger partial charge is 0.461 e. The van der Waals surface area contributed by atoms with Gasteiger partial charge in [0.2, 0.25) is 0 Å². The lowest BCUT2D eigenvalue weighted by molar-refractivity contribution is 0.578. The Kier molecular flexibility index (Phi) is 3.46. The van der Waals surface area contributed by atoms with Crippen LogP contribution >= 0.6 is 0 Å². The van der Waals surface area contributed by atoms with E-state index >= 15 is 0 Å². The highest BCUT2D eigenvalue weighted by Gasteiger charge is 1.95. The maximum atomic E-state index is 5.37. The van der Waals surface area contributed by atoms with Crippen LogP contribution in [0.3, 0.4) is 0 Å². The Labute approximate surface area is 117 Å². The summed E-state index contributed by atoms with van der Waals surface area (Å²) < 4.78 is 5.37. The molecule has 0 bridgehead atoms. The second-order valence-corrected chi connectivity index (χ2v) is 4.59. The van der Waals surface area contributed by atoms with Crippen molar-refractivity contribution in [2.75, 3.05) is 0 Å². The summed E-state index contributed by atoms with van der Waals surface area (Å²) in [6.07, 6.45) is 1.81.